The van der Waals surface area contributed by atoms with Crippen molar-refractivity contribution in [1.82, 2.24) is 10.4 Å². The summed E-state index contributed by atoms with van der Waals surface area (Å²) >= 11 is 2.15. The zero-order valence-corrected chi connectivity index (χ0v) is 26.9. The lowest BCUT2D eigenvalue weighted by Gasteiger charge is -2.33. The zero-order chi connectivity index (χ0) is 29.2. The van der Waals surface area contributed by atoms with Gasteiger partial charge in [0.1, 0.15) is 0 Å². The molecule has 0 aromatic carbocycles. The van der Waals surface area contributed by atoms with E-state index >= 15 is 0 Å². The Morgan fingerprint density at radius 1 is 0.892 bits per heavy atom. The Balaban J connectivity index is 0.00000631. The molecule has 0 radical (unpaired) electrons. The third-order valence-electron chi connectivity index (χ3n) is 6.00. The van der Waals surface area contributed by atoms with E-state index in [1.165, 1.54) is 0 Å². The van der Waals surface area contributed by atoms with Crippen molar-refractivity contribution in [1.29, 1.82) is 0 Å². The summed E-state index contributed by atoms with van der Waals surface area (Å²) in [5.41, 5.74) is -2.67. The minimum atomic E-state index is -1.09. The maximum atomic E-state index is 12.9. The lowest BCUT2D eigenvalue weighted by molar-refractivity contribution is -0.205. The van der Waals surface area contributed by atoms with Gasteiger partial charge in [0.2, 0.25) is 5.91 Å². The molecule has 0 spiro atoms. The molecule has 1 aliphatic heterocycles. The summed E-state index contributed by atoms with van der Waals surface area (Å²) in [6.07, 6.45) is 1.76. The van der Waals surface area contributed by atoms with E-state index in [-0.39, 0.29) is 36.9 Å². The Morgan fingerprint density at radius 2 is 1.41 bits per heavy atom. The smallest absolute Gasteiger partial charge is 0.338 e. The molecule has 3 amide bonds. The Morgan fingerprint density at radius 3 is 1.89 bits per heavy atom. The third-order valence-corrected chi connectivity index (χ3v) is 6.00. The van der Waals surface area contributed by atoms with Crippen LogP contribution < -0.4 is 5.32 Å². The lowest BCUT2D eigenvalue weighted by Crippen LogP contribution is -2.45. The number of carbonyl (C=O) groups excluding carboxylic acids is 4. The van der Waals surface area contributed by atoms with E-state index in [0.717, 1.165) is 6.42 Å². The molecule has 0 aromatic heterocycles. The second-order valence-electron chi connectivity index (χ2n) is 12.2. The predicted octanol–water partition coefficient (Wildman–Crippen LogP) is 4.98. The van der Waals surface area contributed by atoms with Crippen molar-refractivity contribution in [3.63, 3.8) is 0 Å². The molecular weight excluding hydrogens is 591 g/mol. The van der Waals surface area contributed by atoms with Gasteiger partial charge in [0, 0.05) is 24.8 Å². The predicted molar refractivity (Wildman–Crippen MR) is 152 cm³/mol. The SMILES string of the molecule is CC(C)OC(C)(C)CCOC(C)(C)CCNC(=O)C(C)(C)CC(C)(C)C(=O)ON1C(=O)CCC1=O.CI. The van der Waals surface area contributed by atoms with Crippen LogP contribution in [-0.2, 0) is 33.5 Å². The van der Waals surface area contributed by atoms with Crippen LogP contribution in [0.1, 0.15) is 101 Å². The maximum absolute atomic E-state index is 12.9. The van der Waals surface area contributed by atoms with Crippen molar-refractivity contribution < 1.29 is 33.5 Å². The molecular formula is C27H49IN2O7. The molecule has 0 aliphatic carbocycles. The molecule has 1 N–H and O–H groups in total. The van der Waals surface area contributed by atoms with Gasteiger partial charge in [0.25, 0.3) is 11.8 Å². The van der Waals surface area contributed by atoms with Gasteiger partial charge in [-0.25, -0.2) is 4.79 Å². The van der Waals surface area contributed by atoms with Crippen LogP contribution in [0.3, 0.4) is 0 Å². The van der Waals surface area contributed by atoms with E-state index in [1.807, 2.05) is 46.5 Å². The van der Waals surface area contributed by atoms with E-state index in [1.54, 1.807) is 27.7 Å². The zero-order valence-electron chi connectivity index (χ0n) is 24.7. The highest BCUT2D eigenvalue weighted by Gasteiger charge is 2.43. The van der Waals surface area contributed by atoms with Crippen LogP contribution in [0.15, 0.2) is 0 Å². The molecule has 10 heteroatoms. The molecule has 1 saturated heterocycles. The van der Waals surface area contributed by atoms with Crippen LogP contribution in [0.4, 0.5) is 0 Å². The third kappa shape index (κ3) is 12.9. The number of halogens is 1. The van der Waals surface area contributed by atoms with Gasteiger partial charge in [-0.05, 0) is 79.6 Å². The van der Waals surface area contributed by atoms with Gasteiger partial charge in [-0.3, -0.25) is 14.4 Å². The first-order chi connectivity index (χ1) is 16.8. The Kier molecular flexibility index (Phi) is 14.3. The number of hydrogen-bond acceptors (Lipinski definition) is 7. The van der Waals surface area contributed by atoms with Gasteiger partial charge in [-0.2, -0.15) is 0 Å². The highest BCUT2D eigenvalue weighted by atomic mass is 127. The molecule has 0 atom stereocenters. The fourth-order valence-corrected chi connectivity index (χ4v) is 4.18. The molecule has 0 saturated carbocycles. The summed E-state index contributed by atoms with van der Waals surface area (Å²) in [6.45, 7) is 19.8. The average molecular weight is 641 g/mol. The second kappa shape index (κ2) is 14.8. The van der Waals surface area contributed by atoms with E-state index in [0.29, 0.717) is 24.6 Å². The molecule has 0 aromatic rings. The quantitative estimate of drug-likeness (QED) is 0.162. The van der Waals surface area contributed by atoms with Crippen LogP contribution in [-0.4, -0.2) is 64.1 Å². The molecule has 0 unspecified atom stereocenters. The Labute approximate surface area is 237 Å². The topological polar surface area (TPSA) is 111 Å². The van der Waals surface area contributed by atoms with Gasteiger partial charge in [-0.15, -0.1) is 5.06 Å². The van der Waals surface area contributed by atoms with E-state index in [9.17, 15) is 19.2 Å². The van der Waals surface area contributed by atoms with Crippen molar-refractivity contribution >= 4 is 46.3 Å². The number of ether oxygens (including phenoxy) is 2. The molecule has 1 rings (SSSR count). The monoisotopic (exact) mass is 640 g/mol. The van der Waals surface area contributed by atoms with Crippen LogP contribution in [0.5, 0.6) is 0 Å². The van der Waals surface area contributed by atoms with Crippen LogP contribution >= 0.6 is 22.6 Å². The first-order valence-corrected chi connectivity index (χ1v) is 15.0. The van der Waals surface area contributed by atoms with Crippen molar-refractivity contribution in [2.45, 2.75) is 119 Å². The molecule has 1 heterocycles. The number of rotatable bonds is 14. The maximum Gasteiger partial charge on any atom is 0.338 e. The fraction of sp³-hybridized carbons (Fsp3) is 0.852. The first-order valence-electron chi connectivity index (χ1n) is 12.8. The number of nitrogens with zero attached hydrogens (tertiary/aromatic N) is 1. The molecule has 216 valence electrons. The van der Waals surface area contributed by atoms with Crippen LogP contribution in [0, 0.1) is 10.8 Å². The standard InChI is InChI=1S/C26H46N2O7.CH3I/c1-18(2)34-26(9,10)14-16-33-25(7,8)13-15-27-21(31)23(3,4)17-24(5,6)22(32)35-28-19(29)11-12-20(28)30;1-2/h18H,11-17H2,1-10H3,(H,27,31);1H3. The summed E-state index contributed by atoms with van der Waals surface area (Å²) in [4.78, 5) is 56.1. The summed E-state index contributed by atoms with van der Waals surface area (Å²) < 4.78 is 12.0. The van der Waals surface area contributed by atoms with Crippen molar-refractivity contribution in [2.75, 3.05) is 18.1 Å². The number of hydroxylamine groups is 2. The number of nitrogens with one attached hydrogen (secondary N) is 1. The Hall–Kier alpha value is -1.27. The summed E-state index contributed by atoms with van der Waals surface area (Å²) in [7, 11) is 0. The van der Waals surface area contributed by atoms with E-state index < -0.39 is 34.2 Å². The van der Waals surface area contributed by atoms with Gasteiger partial charge in [0.15, 0.2) is 0 Å². The number of carbonyl (C=O) groups is 4. The van der Waals surface area contributed by atoms with Crippen LogP contribution in [0.2, 0.25) is 0 Å². The first kappa shape index (κ1) is 35.7. The van der Waals surface area contributed by atoms with E-state index in [4.69, 9.17) is 14.3 Å². The molecule has 0 bridgehead atoms. The second-order valence-corrected chi connectivity index (χ2v) is 12.2. The van der Waals surface area contributed by atoms with Gasteiger partial charge in [-0.1, -0.05) is 36.4 Å². The number of imide groups is 1. The minimum Gasteiger partial charge on any atom is -0.375 e. The minimum absolute atomic E-state index is 0.0317. The largest absolute Gasteiger partial charge is 0.375 e. The summed E-state index contributed by atoms with van der Waals surface area (Å²) in [5, 5.41) is 3.48. The van der Waals surface area contributed by atoms with E-state index in [2.05, 4.69) is 27.9 Å². The molecule has 37 heavy (non-hydrogen) atoms. The van der Waals surface area contributed by atoms with Crippen molar-refractivity contribution in [2.24, 2.45) is 10.8 Å². The molecule has 1 aliphatic rings. The fourth-order valence-electron chi connectivity index (χ4n) is 4.18. The van der Waals surface area contributed by atoms with Gasteiger partial charge in [0.05, 0.1) is 29.3 Å². The summed E-state index contributed by atoms with van der Waals surface area (Å²) in [5.74, 6) is -1.98. The Bertz CT molecular complexity index is 776. The van der Waals surface area contributed by atoms with Gasteiger partial charge >= 0.3 is 5.97 Å². The number of hydrogen-bond donors (Lipinski definition) is 1. The van der Waals surface area contributed by atoms with Crippen molar-refractivity contribution in [3.05, 3.63) is 0 Å². The lowest BCUT2D eigenvalue weighted by atomic mass is 9.74. The highest BCUT2D eigenvalue weighted by molar-refractivity contribution is 14.1. The van der Waals surface area contributed by atoms with Crippen molar-refractivity contribution in [3.8, 4) is 0 Å². The molecule has 9 nitrogen and oxygen atoms in total. The highest BCUT2D eigenvalue weighted by Crippen LogP contribution is 2.35. The number of alkyl halides is 1. The van der Waals surface area contributed by atoms with Gasteiger partial charge < -0.3 is 19.6 Å². The average Bonchev–Trinajstić information content (AvgIpc) is 3.05. The molecule has 1 fully saturated rings. The van der Waals surface area contributed by atoms with Crippen LogP contribution in [0.25, 0.3) is 0 Å². The number of amides is 3. The normalized spacial score (nSPS) is 15.0. The summed E-state index contributed by atoms with van der Waals surface area (Å²) in [6, 6.07) is 0.